The summed E-state index contributed by atoms with van der Waals surface area (Å²) in [5.74, 6) is 0.104. The minimum Gasteiger partial charge on any atom is -0.496 e. The fourth-order valence-electron chi connectivity index (χ4n) is 2.26. The standard InChI is InChI=1S/C13H14FNO3/c1-17-11-7-12(18-2)10(14)6-9(11)13(15-8-16)4-3-5-13/h6-7H,3-5H2,1-2H3. The zero-order valence-corrected chi connectivity index (χ0v) is 10.3. The zero-order valence-electron chi connectivity index (χ0n) is 10.3. The molecule has 1 aromatic carbocycles. The molecule has 0 saturated heterocycles. The van der Waals surface area contributed by atoms with Gasteiger partial charge in [-0.15, -0.1) is 0 Å². The van der Waals surface area contributed by atoms with E-state index in [-0.39, 0.29) is 5.75 Å². The Morgan fingerprint density at radius 1 is 1.28 bits per heavy atom. The van der Waals surface area contributed by atoms with Crippen LogP contribution < -0.4 is 9.47 Å². The number of nitrogens with zero attached hydrogens (tertiary/aromatic N) is 1. The number of aliphatic imine (C=N–C) groups is 1. The van der Waals surface area contributed by atoms with Crippen molar-refractivity contribution >= 4 is 6.08 Å². The molecule has 0 atom stereocenters. The highest BCUT2D eigenvalue weighted by atomic mass is 19.1. The van der Waals surface area contributed by atoms with Gasteiger partial charge in [-0.1, -0.05) is 0 Å². The molecule has 96 valence electrons. The number of hydrogen-bond acceptors (Lipinski definition) is 4. The lowest BCUT2D eigenvalue weighted by atomic mass is 9.72. The van der Waals surface area contributed by atoms with Gasteiger partial charge in [0.15, 0.2) is 11.6 Å². The average molecular weight is 251 g/mol. The van der Waals surface area contributed by atoms with Crippen LogP contribution in [0.4, 0.5) is 4.39 Å². The molecule has 0 heterocycles. The van der Waals surface area contributed by atoms with Crippen LogP contribution in [0, 0.1) is 5.82 Å². The number of isocyanates is 1. The van der Waals surface area contributed by atoms with Gasteiger partial charge in [0, 0.05) is 11.6 Å². The van der Waals surface area contributed by atoms with Crippen LogP contribution in [0.3, 0.4) is 0 Å². The predicted octanol–water partition coefficient (Wildman–Crippen LogP) is 2.56. The summed E-state index contributed by atoms with van der Waals surface area (Å²) in [5, 5.41) is 0. The second-order valence-corrected chi connectivity index (χ2v) is 4.28. The minimum absolute atomic E-state index is 0.111. The van der Waals surface area contributed by atoms with Crippen molar-refractivity contribution in [2.24, 2.45) is 4.99 Å². The zero-order chi connectivity index (χ0) is 13.2. The molecule has 0 amide bonds. The smallest absolute Gasteiger partial charge is 0.235 e. The van der Waals surface area contributed by atoms with E-state index in [0.717, 1.165) is 6.42 Å². The van der Waals surface area contributed by atoms with Crippen molar-refractivity contribution in [3.05, 3.63) is 23.5 Å². The van der Waals surface area contributed by atoms with E-state index in [1.54, 1.807) is 6.08 Å². The van der Waals surface area contributed by atoms with Crippen LogP contribution in [0.15, 0.2) is 17.1 Å². The molecule has 1 saturated carbocycles. The van der Waals surface area contributed by atoms with E-state index in [4.69, 9.17) is 9.47 Å². The summed E-state index contributed by atoms with van der Waals surface area (Å²) >= 11 is 0. The fourth-order valence-corrected chi connectivity index (χ4v) is 2.26. The fraction of sp³-hybridized carbons (Fsp3) is 0.462. The quantitative estimate of drug-likeness (QED) is 0.610. The number of methoxy groups -OCH3 is 2. The van der Waals surface area contributed by atoms with Gasteiger partial charge in [-0.3, -0.25) is 0 Å². The van der Waals surface area contributed by atoms with E-state index >= 15 is 0 Å². The van der Waals surface area contributed by atoms with Gasteiger partial charge in [-0.05, 0) is 25.3 Å². The van der Waals surface area contributed by atoms with Gasteiger partial charge >= 0.3 is 0 Å². The van der Waals surface area contributed by atoms with Crippen molar-refractivity contribution in [2.45, 2.75) is 24.8 Å². The highest BCUT2D eigenvalue weighted by Crippen LogP contribution is 2.49. The molecule has 2 rings (SSSR count). The second-order valence-electron chi connectivity index (χ2n) is 4.28. The molecular formula is C13H14FNO3. The molecule has 18 heavy (non-hydrogen) atoms. The Hall–Kier alpha value is -1.87. The molecule has 5 heteroatoms. The van der Waals surface area contributed by atoms with Gasteiger partial charge in [0.2, 0.25) is 6.08 Å². The number of carbonyl (C=O) groups excluding carboxylic acids is 1. The highest BCUT2D eigenvalue weighted by Gasteiger charge is 2.41. The summed E-state index contributed by atoms with van der Waals surface area (Å²) < 4.78 is 23.9. The number of hydrogen-bond donors (Lipinski definition) is 0. The molecule has 0 N–H and O–H groups in total. The summed E-state index contributed by atoms with van der Waals surface area (Å²) in [5.41, 5.74) is -0.0990. The van der Waals surface area contributed by atoms with E-state index in [0.29, 0.717) is 24.2 Å². The molecule has 0 aliphatic heterocycles. The van der Waals surface area contributed by atoms with Crippen molar-refractivity contribution in [3.8, 4) is 11.5 Å². The number of halogens is 1. The molecule has 1 aromatic rings. The first-order chi connectivity index (χ1) is 8.66. The third-order valence-corrected chi connectivity index (χ3v) is 3.42. The molecule has 0 unspecified atom stereocenters. The van der Waals surface area contributed by atoms with Gasteiger partial charge in [0.1, 0.15) is 11.3 Å². The van der Waals surface area contributed by atoms with Crippen molar-refractivity contribution in [2.75, 3.05) is 14.2 Å². The van der Waals surface area contributed by atoms with Crippen LogP contribution in [-0.2, 0) is 10.3 Å². The number of rotatable bonds is 4. The lowest BCUT2D eigenvalue weighted by Crippen LogP contribution is -2.32. The summed E-state index contributed by atoms with van der Waals surface area (Å²) in [6.07, 6.45) is 3.92. The Balaban J connectivity index is 2.55. The molecule has 4 nitrogen and oxygen atoms in total. The minimum atomic E-state index is -0.680. The van der Waals surface area contributed by atoms with Gasteiger partial charge in [-0.2, -0.15) is 4.99 Å². The normalized spacial score (nSPS) is 16.4. The topological polar surface area (TPSA) is 47.9 Å². The summed E-state index contributed by atoms with van der Waals surface area (Å²) in [4.78, 5) is 14.4. The average Bonchev–Trinajstić information content (AvgIpc) is 2.33. The van der Waals surface area contributed by atoms with Crippen LogP contribution in [-0.4, -0.2) is 20.3 Å². The van der Waals surface area contributed by atoms with Crippen LogP contribution >= 0.6 is 0 Å². The largest absolute Gasteiger partial charge is 0.496 e. The van der Waals surface area contributed by atoms with Crippen molar-refractivity contribution < 1.29 is 18.7 Å². The van der Waals surface area contributed by atoms with E-state index in [2.05, 4.69) is 4.99 Å². The van der Waals surface area contributed by atoms with Gasteiger partial charge in [0.05, 0.1) is 14.2 Å². The second kappa shape index (κ2) is 4.78. The molecule has 0 bridgehead atoms. The Bertz CT molecular complexity index is 505. The highest BCUT2D eigenvalue weighted by molar-refractivity contribution is 5.49. The Labute approximate surface area is 104 Å². The first-order valence-electron chi connectivity index (χ1n) is 5.68. The molecule has 0 radical (unpaired) electrons. The van der Waals surface area contributed by atoms with Crippen LogP contribution in [0.2, 0.25) is 0 Å². The summed E-state index contributed by atoms with van der Waals surface area (Å²) in [6, 6.07) is 2.81. The van der Waals surface area contributed by atoms with Gasteiger partial charge in [0.25, 0.3) is 0 Å². The first-order valence-corrected chi connectivity index (χ1v) is 5.68. The molecule has 1 aliphatic rings. The Morgan fingerprint density at radius 2 is 1.94 bits per heavy atom. The van der Waals surface area contributed by atoms with E-state index in [9.17, 15) is 9.18 Å². The number of ether oxygens (including phenoxy) is 2. The number of benzene rings is 1. The molecule has 0 aromatic heterocycles. The SMILES string of the molecule is COc1cc(OC)c(C2(N=C=O)CCC2)cc1F. The van der Waals surface area contributed by atoms with Crippen LogP contribution in [0.1, 0.15) is 24.8 Å². The van der Waals surface area contributed by atoms with Gasteiger partial charge in [-0.25, -0.2) is 9.18 Å². The Morgan fingerprint density at radius 3 is 2.39 bits per heavy atom. The van der Waals surface area contributed by atoms with Crippen molar-refractivity contribution in [1.82, 2.24) is 0 Å². The first kappa shape index (κ1) is 12.6. The third-order valence-electron chi connectivity index (χ3n) is 3.42. The lowest BCUT2D eigenvalue weighted by Gasteiger charge is -2.37. The van der Waals surface area contributed by atoms with Crippen LogP contribution in [0.25, 0.3) is 0 Å². The van der Waals surface area contributed by atoms with Gasteiger partial charge < -0.3 is 9.47 Å². The van der Waals surface area contributed by atoms with Crippen molar-refractivity contribution in [3.63, 3.8) is 0 Å². The maximum atomic E-state index is 13.8. The van der Waals surface area contributed by atoms with E-state index < -0.39 is 11.4 Å². The predicted molar refractivity (Wildman–Crippen MR) is 63.2 cm³/mol. The maximum absolute atomic E-state index is 13.8. The maximum Gasteiger partial charge on any atom is 0.235 e. The lowest BCUT2D eigenvalue weighted by molar-refractivity contribution is 0.244. The summed E-state index contributed by atoms with van der Waals surface area (Å²) in [6.45, 7) is 0. The molecule has 0 spiro atoms. The summed E-state index contributed by atoms with van der Waals surface area (Å²) in [7, 11) is 2.88. The van der Waals surface area contributed by atoms with Crippen molar-refractivity contribution in [1.29, 1.82) is 0 Å². The van der Waals surface area contributed by atoms with E-state index in [1.165, 1.54) is 26.4 Å². The third kappa shape index (κ3) is 1.87. The van der Waals surface area contributed by atoms with Crippen LogP contribution in [0.5, 0.6) is 11.5 Å². The monoisotopic (exact) mass is 251 g/mol. The Kier molecular flexibility index (Phi) is 3.34. The van der Waals surface area contributed by atoms with E-state index in [1.807, 2.05) is 0 Å². The molecule has 1 fully saturated rings. The molecule has 1 aliphatic carbocycles. The molecular weight excluding hydrogens is 237 g/mol.